The molecule has 1 atom stereocenters. The van der Waals surface area contributed by atoms with Crippen LogP contribution in [0.2, 0.25) is 0 Å². The molecule has 4 heteroatoms. The maximum Gasteiger partial charge on any atom is 0.152 e. The molecule has 1 rings (SSSR count). The van der Waals surface area contributed by atoms with E-state index in [1.807, 2.05) is 18.4 Å². The Labute approximate surface area is 92.8 Å². The Hall–Kier alpha value is -0.670. The van der Waals surface area contributed by atoms with Gasteiger partial charge in [0.1, 0.15) is 5.38 Å². The number of nitrogens with two attached hydrogens (primary N) is 1. The largest absolute Gasteiger partial charge is 0.399 e. The number of alkyl halides is 1. The van der Waals surface area contributed by atoms with Crippen molar-refractivity contribution in [3.05, 3.63) is 23.8 Å². The van der Waals surface area contributed by atoms with Crippen molar-refractivity contribution in [2.45, 2.75) is 17.2 Å². The lowest BCUT2D eigenvalue weighted by Gasteiger charge is -2.08. The average molecular weight is 230 g/mol. The van der Waals surface area contributed by atoms with Gasteiger partial charge in [-0.05, 0) is 36.9 Å². The number of Topliss-reactive ketones (excluding diaryl/α,β-unsaturated/α-hetero) is 1. The standard InChI is InChI=1S/C10H12ClNOS/c1-6(13)10(11)7-3-8(12)5-9(4-7)14-2/h3-5,10H,12H2,1-2H3. The minimum atomic E-state index is -0.593. The molecule has 14 heavy (non-hydrogen) atoms. The third kappa shape index (κ3) is 2.66. The molecule has 0 saturated carbocycles. The van der Waals surface area contributed by atoms with Crippen LogP contribution in [-0.4, -0.2) is 12.0 Å². The molecule has 0 heterocycles. The number of anilines is 1. The maximum absolute atomic E-state index is 11.1. The lowest BCUT2D eigenvalue weighted by Crippen LogP contribution is -2.02. The number of hydrogen-bond donors (Lipinski definition) is 1. The van der Waals surface area contributed by atoms with Crippen molar-refractivity contribution in [3.8, 4) is 0 Å². The van der Waals surface area contributed by atoms with E-state index in [-0.39, 0.29) is 5.78 Å². The second-order valence-corrected chi connectivity index (χ2v) is 4.33. The molecule has 1 unspecified atom stereocenters. The fraction of sp³-hybridized carbons (Fsp3) is 0.300. The van der Waals surface area contributed by atoms with E-state index in [2.05, 4.69) is 0 Å². The molecule has 0 fully saturated rings. The smallest absolute Gasteiger partial charge is 0.152 e. The number of benzene rings is 1. The van der Waals surface area contributed by atoms with Crippen molar-refractivity contribution in [2.75, 3.05) is 12.0 Å². The molecule has 0 saturated heterocycles. The van der Waals surface area contributed by atoms with Crippen molar-refractivity contribution < 1.29 is 4.79 Å². The van der Waals surface area contributed by atoms with Gasteiger partial charge < -0.3 is 5.73 Å². The Morgan fingerprint density at radius 2 is 2.14 bits per heavy atom. The third-order valence-corrected chi connectivity index (χ3v) is 3.10. The molecule has 1 aromatic carbocycles. The van der Waals surface area contributed by atoms with Crippen molar-refractivity contribution in [1.82, 2.24) is 0 Å². The summed E-state index contributed by atoms with van der Waals surface area (Å²) in [4.78, 5) is 12.1. The molecule has 0 radical (unpaired) electrons. The average Bonchev–Trinajstić information content (AvgIpc) is 2.15. The fourth-order valence-corrected chi connectivity index (χ4v) is 1.78. The summed E-state index contributed by atoms with van der Waals surface area (Å²) in [5.74, 6) is -0.0654. The number of rotatable bonds is 3. The van der Waals surface area contributed by atoms with Crippen LogP contribution in [0.1, 0.15) is 17.9 Å². The molecule has 0 bridgehead atoms. The lowest BCUT2D eigenvalue weighted by atomic mass is 10.1. The summed E-state index contributed by atoms with van der Waals surface area (Å²) in [5.41, 5.74) is 7.09. The van der Waals surface area contributed by atoms with Crippen molar-refractivity contribution in [3.63, 3.8) is 0 Å². The van der Waals surface area contributed by atoms with E-state index in [4.69, 9.17) is 17.3 Å². The van der Waals surface area contributed by atoms with Crippen molar-refractivity contribution in [2.24, 2.45) is 0 Å². The highest BCUT2D eigenvalue weighted by Gasteiger charge is 2.13. The minimum Gasteiger partial charge on any atom is -0.399 e. The van der Waals surface area contributed by atoms with E-state index < -0.39 is 5.38 Å². The Morgan fingerprint density at radius 3 is 2.64 bits per heavy atom. The van der Waals surface area contributed by atoms with Gasteiger partial charge in [0.15, 0.2) is 5.78 Å². The van der Waals surface area contributed by atoms with E-state index >= 15 is 0 Å². The van der Waals surface area contributed by atoms with Gasteiger partial charge in [-0.3, -0.25) is 4.79 Å². The van der Waals surface area contributed by atoms with Crippen LogP contribution in [0.3, 0.4) is 0 Å². The second-order valence-electron chi connectivity index (χ2n) is 3.01. The number of ketones is 1. The Bertz CT molecular complexity index is 354. The van der Waals surface area contributed by atoms with E-state index in [1.54, 1.807) is 17.8 Å². The highest BCUT2D eigenvalue weighted by Crippen LogP contribution is 2.28. The second kappa shape index (κ2) is 4.71. The number of carbonyl (C=O) groups excluding carboxylic acids is 1. The van der Waals surface area contributed by atoms with Crippen LogP contribution in [-0.2, 0) is 4.79 Å². The summed E-state index contributed by atoms with van der Waals surface area (Å²) < 4.78 is 0. The summed E-state index contributed by atoms with van der Waals surface area (Å²) in [6.45, 7) is 1.47. The predicted molar refractivity (Wildman–Crippen MR) is 61.9 cm³/mol. The van der Waals surface area contributed by atoms with Gasteiger partial charge in [0.2, 0.25) is 0 Å². The van der Waals surface area contributed by atoms with Crippen molar-refractivity contribution in [1.29, 1.82) is 0 Å². The molecular formula is C10H12ClNOS. The molecule has 0 spiro atoms. The van der Waals surface area contributed by atoms with E-state index in [9.17, 15) is 4.79 Å². The summed E-state index contributed by atoms with van der Waals surface area (Å²) >= 11 is 7.50. The SMILES string of the molecule is CSc1cc(N)cc(C(Cl)C(C)=O)c1. The van der Waals surface area contributed by atoms with Crippen LogP contribution in [0.15, 0.2) is 23.1 Å². The van der Waals surface area contributed by atoms with Crippen LogP contribution in [0, 0.1) is 0 Å². The zero-order valence-corrected chi connectivity index (χ0v) is 9.65. The summed E-state index contributed by atoms with van der Waals surface area (Å²) in [6.07, 6.45) is 1.95. The first-order valence-electron chi connectivity index (χ1n) is 4.13. The topological polar surface area (TPSA) is 43.1 Å². The summed E-state index contributed by atoms with van der Waals surface area (Å²) in [5, 5.41) is -0.593. The zero-order chi connectivity index (χ0) is 10.7. The van der Waals surface area contributed by atoms with Crippen LogP contribution in [0.5, 0.6) is 0 Å². The van der Waals surface area contributed by atoms with E-state index in [0.29, 0.717) is 5.69 Å². The van der Waals surface area contributed by atoms with Gasteiger partial charge >= 0.3 is 0 Å². The van der Waals surface area contributed by atoms with E-state index in [0.717, 1.165) is 10.5 Å². The number of halogens is 1. The summed E-state index contributed by atoms with van der Waals surface area (Å²) in [6, 6.07) is 5.48. The molecule has 0 aliphatic heterocycles. The van der Waals surface area contributed by atoms with Gasteiger partial charge in [0.05, 0.1) is 0 Å². The Morgan fingerprint density at radius 1 is 1.50 bits per heavy atom. The molecule has 0 aromatic heterocycles. The van der Waals surface area contributed by atoms with Gasteiger partial charge in [-0.2, -0.15) is 0 Å². The highest BCUT2D eigenvalue weighted by molar-refractivity contribution is 7.98. The lowest BCUT2D eigenvalue weighted by molar-refractivity contribution is -0.116. The maximum atomic E-state index is 11.1. The van der Waals surface area contributed by atoms with Gasteiger partial charge in [-0.1, -0.05) is 0 Å². The zero-order valence-electron chi connectivity index (χ0n) is 8.08. The molecule has 76 valence electrons. The molecular weight excluding hydrogens is 218 g/mol. The normalized spacial score (nSPS) is 12.5. The first-order chi connectivity index (χ1) is 6.54. The number of carbonyl (C=O) groups is 1. The fourth-order valence-electron chi connectivity index (χ4n) is 1.14. The molecule has 0 amide bonds. The number of thioether (sulfide) groups is 1. The Kier molecular flexibility index (Phi) is 3.84. The quantitative estimate of drug-likeness (QED) is 0.493. The molecule has 2 nitrogen and oxygen atoms in total. The predicted octanol–water partition coefficient (Wildman–Crippen LogP) is 2.86. The number of hydrogen-bond acceptors (Lipinski definition) is 3. The van der Waals surface area contributed by atoms with Crippen LogP contribution < -0.4 is 5.73 Å². The molecule has 2 N–H and O–H groups in total. The first-order valence-corrected chi connectivity index (χ1v) is 5.79. The van der Waals surface area contributed by atoms with Gasteiger partial charge in [-0.25, -0.2) is 0 Å². The van der Waals surface area contributed by atoms with E-state index in [1.165, 1.54) is 6.92 Å². The monoisotopic (exact) mass is 229 g/mol. The van der Waals surface area contributed by atoms with Gasteiger partial charge in [0.25, 0.3) is 0 Å². The number of nitrogen functional groups attached to an aromatic ring is 1. The summed E-state index contributed by atoms with van der Waals surface area (Å²) in [7, 11) is 0. The van der Waals surface area contributed by atoms with Crippen molar-refractivity contribution >= 4 is 34.8 Å². The van der Waals surface area contributed by atoms with Gasteiger partial charge in [-0.15, -0.1) is 23.4 Å². The van der Waals surface area contributed by atoms with Crippen LogP contribution in [0.4, 0.5) is 5.69 Å². The Balaban J connectivity index is 3.08. The molecule has 1 aromatic rings. The van der Waals surface area contributed by atoms with Gasteiger partial charge in [0, 0.05) is 10.6 Å². The molecule has 0 aliphatic carbocycles. The van der Waals surface area contributed by atoms with Crippen LogP contribution in [0.25, 0.3) is 0 Å². The highest BCUT2D eigenvalue weighted by atomic mass is 35.5. The first kappa shape index (κ1) is 11.4. The third-order valence-electron chi connectivity index (χ3n) is 1.84. The minimum absolute atomic E-state index is 0.0654. The molecule has 0 aliphatic rings. The van der Waals surface area contributed by atoms with Crippen LogP contribution >= 0.6 is 23.4 Å².